The fraction of sp³-hybridized carbons (Fsp3) is 0.333. The molecule has 3 aliphatic heterocycles. The number of ketones is 1. The second-order valence-corrected chi connectivity index (χ2v) is 10.2. The monoisotopic (exact) mass is 527 g/mol. The Morgan fingerprint density at radius 1 is 1.13 bits per heavy atom. The number of hydrogen-bond acceptors (Lipinski definition) is 7. The lowest BCUT2D eigenvalue weighted by Gasteiger charge is -2.37. The summed E-state index contributed by atoms with van der Waals surface area (Å²) in [5, 5.41) is 14.7. The van der Waals surface area contributed by atoms with Gasteiger partial charge in [-0.3, -0.25) is 24.6 Å². The highest BCUT2D eigenvalue weighted by Gasteiger charge is 2.69. The molecule has 4 atom stereocenters. The van der Waals surface area contributed by atoms with Gasteiger partial charge in [0.2, 0.25) is 5.91 Å². The summed E-state index contributed by atoms with van der Waals surface area (Å²) < 4.78 is 11.1. The number of carbonyl (C=O) groups excluding carboxylic acids is 2. The van der Waals surface area contributed by atoms with Crippen molar-refractivity contribution in [2.45, 2.75) is 37.3 Å². The van der Waals surface area contributed by atoms with Gasteiger partial charge in [0.15, 0.2) is 5.78 Å². The van der Waals surface area contributed by atoms with Gasteiger partial charge in [0.1, 0.15) is 17.0 Å². The summed E-state index contributed by atoms with van der Waals surface area (Å²) in [7, 11) is 1.57. The highest BCUT2D eigenvalue weighted by atomic mass is 16.6. The van der Waals surface area contributed by atoms with Crippen LogP contribution in [0.5, 0.6) is 11.5 Å². The Labute approximate surface area is 225 Å². The molecule has 200 valence electrons. The van der Waals surface area contributed by atoms with E-state index < -0.39 is 22.3 Å². The van der Waals surface area contributed by atoms with E-state index in [2.05, 4.69) is 10.2 Å². The predicted octanol–water partition coefficient (Wildman–Crippen LogP) is 4.91. The predicted molar refractivity (Wildman–Crippen MR) is 144 cm³/mol. The molecule has 0 aliphatic carbocycles. The van der Waals surface area contributed by atoms with Gasteiger partial charge in [-0.05, 0) is 74.3 Å². The first-order valence-corrected chi connectivity index (χ1v) is 13.2. The Bertz CT molecular complexity index is 1470. The van der Waals surface area contributed by atoms with Crippen molar-refractivity contribution < 1.29 is 24.0 Å². The van der Waals surface area contributed by atoms with Crippen LogP contribution in [0.4, 0.5) is 11.4 Å². The van der Waals surface area contributed by atoms with Crippen molar-refractivity contribution in [3.8, 4) is 11.5 Å². The third-order valence-corrected chi connectivity index (χ3v) is 8.41. The van der Waals surface area contributed by atoms with Crippen molar-refractivity contribution >= 4 is 23.1 Å². The van der Waals surface area contributed by atoms with E-state index in [1.165, 1.54) is 6.07 Å². The highest BCUT2D eigenvalue weighted by molar-refractivity contribution is 6.12. The molecule has 9 nitrogen and oxygen atoms in total. The number of ether oxygens (including phenoxy) is 2. The SMILES string of the molecule is CCOc1ccc(C(=O)C2C(c3cccc([N+](=O)[O-])c3)C3CCCN3[C@@]23C(=O)Nc2ccc(OC)cc23)cc1. The molecule has 0 aromatic heterocycles. The number of nitrogens with zero attached hydrogens (tertiary/aromatic N) is 2. The van der Waals surface area contributed by atoms with Crippen molar-refractivity contribution in [1.82, 2.24) is 4.90 Å². The molecule has 3 aromatic carbocycles. The number of fused-ring (bicyclic) bond motifs is 4. The minimum Gasteiger partial charge on any atom is -0.497 e. The number of carbonyl (C=O) groups is 2. The zero-order valence-electron chi connectivity index (χ0n) is 21.8. The van der Waals surface area contributed by atoms with Gasteiger partial charge < -0.3 is 14.8 Å². The topological polar surface area (TPSA) is 111 Å². The smallest absolute Gasteiger partial charge is 0.269 e. The first kappa shape index (κ1) is 25.1. The van der Waals surface area contributed by atoms with Crippen LogP contribution in [-0.4, -0.2) is 47.8 Å². The molecule has 0 bridgehead atoms. The quantitative estimate of drug-likeness (QED) is 0.264. The van der Waals surface area contributed by atoms with Crippen LogP contribution < -0.4 is 14.8 Å². The molecular weight excluding hydrogens is 498 g/mol. The molecular formula is C30H29N3O6. The molecule has 1 N–H and O–H groups in total. The maximum atomic E-state index is 14.6. The second-order valence-electron chi connectivity index (χ2n) is 10.2. The van der Waals surface area contributed by atoms with Gasteiger partial charge in [-0.1, -0.05) is 12.1 Å². The lowest BCUT2D eigenvalue weighted by atomic mass is 9.68. The Morgan fingerprint density at radius 2 is 1.90 bits per heavy atom. The molecule has 3 unspecified atom stereocenters. The minimum absolute atomic E-state index is 0.0387. The number of methoxy groups -OCH3 is 1. The molecule has 3 aliphatic rings. The van der Waals surface area contributed by atoms with Crippen LogP contribution in [0.25, 0.3) is 0 Å². The van der Waals surface area contributed by atoms with Crippen molar-refractivity contribution in [1.29, 1.82) is 0 Å². The largest absolute Gasteiger partial charge is 0.497 e. The molecule has 1 amide bonds. The molecule has 3 aromatic rings. The molecule has 2 saturated heterocycles. The highest BCUT2D eigenvalue weighted by Crippen LogP contribution is 2.61. The molecule has 2 fully saturated rings. The first-order chi connectivity index (χ1) is 18.9. The molecule has 0 saturated carbocycles. The van der Waals surface area contributed by atoms with E-state index in [4.69, 9.17) is 9.47 Å². The number of amides is 1. The zero-order valence-corrected chi connectivity index (χ0v) is 21.8. The lowest BCUT2D eigenvalue weighted by Crippen LogP contribution is -2.52. The summed E-state index contributed by atoms with van der Waals surface area (Å²) in [5.74, 6) is -0.457. The van der Waals surface area contributed by atoms with Crippen LogP contribution in [0.1, 0.15) is 47.2 Å². The lowest BCUT2D eigenvalue weighted by molar-refractivity contribution is -0.384. The van der Waals surface area contributed by atoms with Crippen LogP contribution in [0.3, 0.4) is 0 Å². The van der Waals surface area contributed by atoms with E-state index in [9.17, 15) is 19.7 Å². The summed E-state index contributed by atoms with van der Waals surface area (Å²) in [6, 6.07) is 18.8. The van der Waals surface area contributed by atoms with E-state index in [0.29, 0.717) is 47.0 Å². The molecule has 39 heavy (non-hydrogen) atoms. The molecule has 9 heteroatoms. The van der Waals surface area contributed by atoms with Crippen molar-refractivity contribution in [3.05, 3.63) is 93.5 Å². The van der Waals surface area contributed by atoms with Gasteiger partial charge >= 0.3 is 0 Å². The van der Waals surface area contributed by atoms with Crippen LogP contribution in [-0.2, 0) is 10.3 Å². The fourth-order valence-electron chi connectivity index (χ4n) is 6.95. The average molecular weight is 528 g/mol. The van der Waals surface area contributed by atoms with Crippen molar-refractivity contribution in [3.63, 3.8) is 0 Å². The third kappa shape index (κ3) is 3.71. The number of hydrogen-bond donors (Lipinski definition) is 1. The fourth-order valence-corrected chi connectivity index (χ4v) is 6.95. The Kier molecular flexibility index (Phi) is 6.10. The van der Waals surface area contributed by atoms with Gasteiger partial charge in [0.05, 0.1) is 24.6 Å². The van der Waals surface area contributed by atoms with Crippen molar-refractivity contribution in [2.24, 2.45) is 5.92 Å². The summed E-state index contributed by atoms with van der Waals surface area (Å²) >= 11 is 0. The first-order valence-electron chi connectivity index (χ1n) is 13.2. The number of non-ortho nitro benzene ring substituents is 1. The zero-order chi connectivity index (χ0) is 27.3. The third-order valence-electron chi connectivity index (χ3n) is 8.41. The Hall–Kier alpha value is -4.24. The van der Waals surface area contributed by atoms with E-state index in [-0.39, 0.29) is 23.4 Å². The summed E-state index contributed by atoms with van der Waals surface area (Å²) in [4.78, 5) is 42.2. The Balaban J connectivity index is 1.58. The van der Waals surface area contributed by atoms with Gasteiger partial charge in [-0.15, -0.1) is 0 Å². The number of nitrogens with one attached hydrogen (secondary N) is 1. The normalized spacial score (nSPS) is 25.3. The van der Waals surface area contributed by atoms with Crippen LogP contribution in [0, 0.1) is 16.0 Å². The van der Waals surface area contributed by atoms with E-state index in [1.807, 2.05) is 25.1 Å². The standard InChI is InChI=1S/C30H29N3O6/c1-3-39-21-11-9-18(10-12-21)28(34)27-26(19-6-4-7-20(16-19)33(36)37)25-8-5-15-32(25)30(27)23-17-22(38-2)13-14-24(23)31-29(30)35/h4,6-7,9-14,16-17,25-27H,3,5,8,15H2,1-2H3,(H,31,35)/t25?,26?,27?,30-/m1/s1. The summed E-state index contributed by atoms with van der Waals surface area (Å²) in [5.41, 5.74) is 1.18. The van der Waals surface area contributed by atoms with Crippen LogP contribution in [0.15, 0.2) is 66.7 Å². The average Bonchev–Trinajstić information content (AvgIpc) is 3.61. The minimum atomic E-state index is -1.28. The van der Waals surface area contributed by atoms with E-state index in [0.717, 1.165) is 12.8 Å². The number of benzene rings is 3. The molecule has 0 radical (unpaired) electrons. The molecule has 3 heterocycles. The van der Waals surface area contributed by atoms with Gasteiger partial charge in [-0.25, -0.2) is 0 Å². The molecule has 1 spiro atoms. The second kappa shape index (κ2) is 9.50. The van der Waals surface area contributed by atoms with E-state index in [1.54, 1.807) is 49.6 Å². The number of nitro benzene ring substituents is 1. The summed E-state index contributed by atoms with van der Waals surface area (Å²) in [6.07, 6.45) is 1.63. The molecule has 6 rings (SSSR count). The number of rotatable bonds is 7. The van der Waals surface area contributed by atoms with Gasteiger partial charge in [0.25, 0.3) is 5.69 Å². The summed E-state index contributed by atoms with van der Waals surface area (Å²) in [6.45, 7) is 3.03. The number of Topliss-reactive ketones (excluding diaryl/α,β-unsaturated/α-hetero) is 1. The number of anilines is 1. The van der Waals surface area contributed by atoms with Crippen molar-refractivity contribution in [2.75, 3.05) is 25.6 Å². The maximum absolute atomic E-state index is 14.6. The van der Waals surface area contributed by atoms with Crippen LogP contribution >= 0.6 is 0 Å². The van der Waals surface area contributed by atoms with Crippen LogP contribution in [0.2, 0.25) is 0 Å². The van der Waals surface area contributed by atoms with E-state index >= 15 is 0 Å². The maximum Gasteiger partial charge on any atom is 0.269 e. The Morgan fingerprint density at radius 3 is 2.62 bits per heavy atom. The van der Waals surface area contributed by atoms with Gasteiger partial charge in [-0.2, -0.15) is 0 Å². The van der Waals surface area contributed by atoms with Gasteiger partial charge in [0, 0.05) is 40.9 Å². The number of nitro groups is 1.